The first kappa shape index (κ1) is 11.7. The SMILES string of the molecule is CCCCNc1cc(N)nc(COC)n1. The van der Waals surface area contributed by atoms with E-state index in [4.69, 9.17) is 10.5 Å². The molecule has 0 fully saturated rings. The van der Waals surface area contributed by atoms with Gasteiger partial charge >= 0.3 is 0 Å². The lowest BCUT2D eigenvalue weighted by atomic mass is 10.3. The summed E-state index contributed by atoms with van der Waals surface area (Å²) in [6.45, 7) is 3.43. The first-order chi connectivity index (χ1) is 7.26. The highest BCUT2D eigenvalue weighted by Crippen LogP contribution is 2.09. The maximum atomic E-state index is 5.65. The van der Waals surface area contributed by atoms with Gasteiger partial charge in [0.05, 0.1) is 0 Å². The Morgan fingerprint density at radius 1 is 1.47 bits per heavy atom. The number of nitrogens with zero attached hydrogens (tertiary/aromatic N) is 2. The summed E-state index contributed by atoms with van der Waals surface area (Å²) >= 11 is 0. The summed E-state index contributed by atoms with van der Waals surface area (Å²) in [6.07, 6.45) is 2.27. The van der Waals surface area contributed by atoms with Crippen molar-refractivity contribution in [3.05, 3.63) is 11.9 Å². The van der Waals surface area contributed by atoms with Gasteiger partial charge in [-0.3, -0.25) is 0 Å². The third-order valence-corrected chi connectivity index (χ3v) is 1.90. The molecule has 5 heteroatoms. The van der Waals surface area contributed by atoms with Gasteiger partial charge in [0.25, 0.3) is 0 Å². The van der Waals surface area contributed by atoms with Crippen LogP contribution >= 0.6 is 0 Å². The average molecular weight is 210 g/mol. The predicted molar refractivity (Wildman–Crippen MR) is 60.6 cm³/mol. The Bertz CT molecular complexity index is 303. The molecule has 0 bridgehead atoms. The minimum atomic E-state index is 0.382. The average Bonchev–Trinajstić information content (AvgIpc) is 2.18. The number of anilines is 2. The van der Waals surface area contributed by atoms with E-state index in [1.54, 1.807) is 13.2 Å². The van der Waals surface area contributed by atoms with E-state index in [-0.39, 0.29) is 0 Å². The predicted octanol–water partition coefficient (Wildman–Crippen LogP) is 1.42. The van der Waals surface area contributed by atoms with Crippen molar-refractivity contribution in [1.82, 2.24) is 9.97 Å². The summed E-state index contributed by atoms with van der Waals surface area (Å²) in [5.41, 5.74) is 5.65. The van der Waals surface area contributed by atoms with Crippen LogP contribution in [0.1, 0.15) is 25.6 Å². The number of nitrogen functional groups attached to an aromatic ring is 1. The summed E-state index contributed by atoms with van der Waals surface area (Å²) in [7, 11) is 1.61. The molecule has 5 nitrogen and oxygen atoms in total. The molecule has 1 rings (SSSR count). The van der Waals surface area contributed by atoms with Crippen molar-refractivity contribution in [1.29, 1.82) is 0 Å². The fourth-order valence-electron chi connectivity index (χ4n) is 1.20. The van der Waals surface area contributed by atoms with Gasteiger partial charge in [0.2, 0.25) is 0 Å². The Morgan fingerprint density at radius 3 is 2.93 bits per heavy atom. The molecule has 0 radical (unpaired) electrons. The van der Waals surface area contributed by atoms with Gasteiger partial charge in [0, 0.05) is 19.7 Å². The minimum Gasteiger partial charge on any atom is -0.384 e. The standard InChI is InChI=1S/C10H18N4O/c1-3-4-5-12-9-6-8(11)13-10(14-9)7-15-2/h6H,3-5,7H2,1-2H3,(H3,11,12,13,14). The van der Waals surface area contributed by atoms with Crippen LogP contribution in [0, 0.1) is 0 Å². The minimum absolute atomic E-state index is 0.382. The first-order valence-electron chi connectivity index (χ1n) is 5.12. The van der Waals surface area contributed by atoms with Crippen LogP contribution in [0.3, 0.4) is 0 Å². The summed E-state index contributed by atoms with van der Waals surface area (Å²) in [5, 5.41) is 3.20. The van der Waals surface area contributed by atoms with Crippen molar-refractivity contribution in [3.63, 3.8) is 0 Å². The second kappa shape index (κ2) is 6.19. The van der Waals surface area contributed by atoms with E-state index in [0.29, 0.717) is 18.2 Å². The van der Waals surface area contributed by atoms with E-state index in [2.05, 4.69) is 22.2 Å². The maximum absolute atomic E-state index is 5.65. The molecule has 0 saturated heterocycles. The van der Waals surface area contributed by atoms with Crippen molar-refractivity contribution in [2.75, 3.05) is 24.7 Å². The molecule has 1 heterocycles. The van der Waals surface area contributed by atoms with Gasteiger partial charge in [-0.25, -0.2) is 9.97 Å². The number of unbranched alkanes of at least 4 members (excludes halogenated alkanes) is 1. The van der Waals surface area contributed by atoms with E-state index < -0.39 is 0 Å². The Hall–Kier alpha value is -1.36. The zero-order valence-corrected chi connectivity index (χ0v) is 9.29. The second-order valence-electron chi connectivity index (χ2n) is 3.31. The number of rotatable bonds is 6. The van der Waals surface area contributed by atoms with Gasteiger partial charge in [0.1, 0.15) is 18.2 Å². The summed E-state index contributed by atoms with van der Waals surface area (Å²) < 4.78 is 4.96. The van der Waals surface area contributed by atoms with Gasteiger partial charge in [-0.2, -0.15) is 0 Å². The van der Waals surface area contributed by atoms with Crippen molar-refractivity contribution < 1.29 is 4.74 Å². The lowest BCUT2D eigenvalue weighted by Crippen LogP contribution is -2.08. The normalized spacial score (nSPS) is 10.3. The van der Waals surface area contributed by atoms with Crippen LogP contribution in [0.2, 0.25) is 0 Å². The Morgan fingerprint density at radius 2 is 2.27 bits per heavy atom. The highest BCUT2D eigenvalue weighted by Gasteiger charge is 2.01. The zero-order chi connectivity index (χ0) is 11.1. The molecule has 1 aromatic heterocycles. The largest absolute Gasteiger partial charge is 0.384 e. The third-order valence-electron chi connectivity index (χ3n) is 1.90. The van der Waals surface area contributed by atoms with Crippen LogP contribution in [0.15, 0.2) is 6.07 Å². The van der Waals surface area contributed by atoms with Crippen LogP contribution in [0.5, 0.6) is 0 Å². The lowest BCUT2D eigenvalue weighted by Gasteiger charge is -2.07. The van der Waals surface area contributed by atoms with Crippen molar-refractivity contribution in [2.24, 2.45) is 0 Å². The molecule has 84 valence electrons. The molecule has 0 aromatic carbocycles. The van der Waals surface area contributed by atoms with Crippen LogP contribution < -0.4 is 11.1 Å². The number of nitrogens with two attached hydrogens (primary N) is 1. The molecule has 0 aliphatic heterocycles. The molecular formula is C10H18N4O. The van der Waals surface area contributed by atoms with E-state index in [9.17, 15) is 0 Å². The lowest BCUT2D eigenvalue weighted by molar-refractivity contribution is 0.178. The number of aromatic nitrogens is 2. The van der Waals surface area contributed by atoms with E-state index in [1.165, 1.54) is 0 Å². The molecule has 0 unspecified atom stereocenters. The molecule has 1 aromatic rings. The Kier molecular flexibility index (Phi) is 4.83. The second-order valence-corrected chi connectivity index (χ2v) is 3.31. The highest BCUT2D eigenvalue weighted by atomic mass is 16.5. The molecular weight excluding hydrogens is 192 g/mol. The van der Waals surface area contributed by atoms with Crippen LogP contribution in [-0.2, 0) is 11.3 Å². The fraction of sp³-hybridized carbons (Fsp3) is 0.600. The van der Waals surface area contributed by atoms with E-state index >= 15 is 0 Å². The van der Waals surface area contributed by atoms with Crippen molar-refractivity contribution >= 4 is 11.6 Å². The number of nitrogens with one attached hydrogen (secondary N) is 1. The van der Waals surface area contributed by atoms with Crippen LogP contribution in [0.4, 0.5) is 11.6 Å². The first-order valence-corrected chi connectivity index (χ1v) is 5.12. The van der Waals surface area contributed by atoms with Crippen molar-refractivity contribution in [3.8, 4) is 0 Å². The van der Waals surface area contributed by atoms with Crippen LogP contribution in [0.25, 0.3) is 0 Å². The molecule has 0 amide bonds. The van der Waals surface area contributed by atoms with Gasteiger partial charge in [0.15, 0.2) is 5.82 Å². The summed E-state index contributed by atoms with van der Waals surface area (Å²) in [5.74, 6) is 1.84. The van der Waals surface area contributed by atoms with Gasteiger partial charge < -0.3 is 15.8 Å². The monoisotopic (exact) mass is 210 g/mol. The van der Waals surface area contributed by atoms with Gasteiger partial charge in [-0.1, -0.05) is 13.3 Å². The quantitative estimate of drug-likeness (QED) is 0.695. The fourth-order valence-corrected chi connectivity index (χ4v) is 1.20. The summed E-state index contributed by atoms with van der Waals surface area (Å²) in [4.78, 5) is 8.32. The molecule has 0 aliphatic rings. The molecule has 0 atom stereocenters. The number of hydrogen-bond donors (Lipinski definition) is 2. The highest BCUT2D eigenvalue weighted by molar-refractivity contribution is 5.44. The smallest absolute Gasteiger partial charge is 0.158 e. The Labute approximate surface area is 90.1 Å². The van der Waals surface area contributed by atoms with Crippen LogP contribution in [-0.4, -0.2) is 23.6 Å². The van der Waals surface area contributed by atoms with E-state index in [0.717, 1.165) is 25.2 Å². The van der Waals surface area contributed by atoms with Gasteiger partial charge in [-0.15, -0.1) is 0 Å². The summed E-state index contributed by atoms with van der Waals surface area (Å²) in [6, 6.07) is 1.73. The maximum Gasteiger partial charge on any atom is 0.158 e. The molecule has 3 N–H and O–H groups in total. The topological polar surface area (TPSA) is 73.1 Å². The molecule has 0 aliphatic carbocycles. The number of ether oxygens (including phenoxy) is 1. The molecule has 0 saturated carbocycles. The number of hydrogen-bond acceptors (Lipinski definition) is 5. The van der Waals surface area contributed by atoms with Crippen molar-refractivity contribution in [2.45, 2.75) is 26.4 Å². The molecule has 15 heavy (non-hydrogen) atoms. The molecule has 0 spiro atoms. The van der Waals surface area contributed by atoms with Gasteiger partial charge in [-0.05, 0) is 6.42 Å². The number of methoxy groups -OCH3 is 1. The third kappa shape index (κ3) is 4.12. The zero-order valence-electron chi connectivity index (χ0n) is 9.29. The Balaban J connectivity index is 2.62. The van der Waals surface area contributed by atoms with E-state index in [1.807, 2.05) is 0 Å².